The van der Waals surface area contributed by atoms with Crippen LogP contribution >= 0.6 is 20.0 Å². The Balaban J connectivity index is 0.000000317. The van der Waals surface area contributed by atoms with Crippen LogP contribution in [-0.4, -0.2) is 9.79 Å². The molecule has 88 valence electrons. The summed E-state index contributed by atoms with van der Waals surface area (Å²) in [5, 5.41) is 0. The second-order valence-electron chi connectivity index (χ2n) is 2.98. The van der Waals surface area contributed by atoms with Crippen LogP contribution in [0.2, 0.25) is 0 Å². The summed E-state index contributed by atoms with van der Waals surface area (Å²) in [7, 11) is -2.87. The first kappa shape index (κ1) is 13.9. The van der Waals surface area contributed by atoms with E-state index in [2.05, 4.69) is 48.5 Å². The van der Waals surface area contributed by atoms with Crippen molar-refractivity contribution in [3.8, 4) is 0 Å². The van der Waals surface area contributed by atoms with Crippen molar-refractivity contribution in [2.75, 3.05) is 0 Å². The SMILES string of the molecule is O=[P+](O)O.c1ccc(Sc2ccccc2)cc1. The molecule has 0 saturated heterocycles. The van der Waals surface area contributed by atoms with Crippen LogP contribution in [0.15, 0.2) is 70.5 Å². The van der Waals surface area contributed by atoms with Crippen molar-refractivity contribution < 1.29 is 14.4 Å². The van der Waals surface area contributed by atoms with Gasteiger partial charge in [-0.25, -0.2) is 0 Å². The summed E-state index contributed by atoms with van der Waals surface area (Å²) in [4.78, 5) is 16.8. The summed E-state index contributed by atoms with van der Waals surface area (Å²) >= 11 is 1.79. The monoisotopic (exact) mass is 267 g/mol. The fourth-order valence-corrected chi connectivity index (χ4v) is 1.97. The van der Waals surface area contributed by atoms with Gasteiger partial charge in [0.1, 0.15) is 0 Å². The van der Waals surface area contributed by atoms with Crippen molar-refractivity contribution in [2.45, 2.75) is 9.79 Å². The van der Waals surface area contributed by atoms with Crippen LogP contribution in [0.1, 0.15) is 0 Å². The lowest BCUT2D eigenvalue weighted by atomic mass is 10.4. The van der Waals surface area contributed by atoms with E-state index in [1.54, 1.807) is 11.8 Å². The van der Waals surface area contributed by atoms with Crippen molar-refractivity contribution in [1.82, 2.24) is 0 Å². The zero-order valence-corrected chi connectivity index (χ0v) is 10.6. The van der Waals surface area contributed by atoms with Crippen LogP contribution in [0.3, 0.4) is 0 Å². The van der Waals surface area contributed by atoms with Gasteiger partial charge in [0.25, 0.3) is 0 Å². The van der Waals surface area contributed by atoms with Crippen molar-refractivity contribution >= 4 is 20.0 Å². The third-order valence-corrected chi connectivity index (χ3v) is 2.74. The second-order valence-corrected chi connectivity index (χ2v) is 4.63. The van der Waals surface area contributed by atoms with Gasteiger partial charge in [0, 0.05) is 14.4 Å². The highest BCUT2D eigenvalue weighted by atomic mass is 32.2. The van der Waals surface area contributed by atoms with Crippen LogP contribution < -0.4 is 0 Å². The maximum Gasteiger partial charge on any atom is 0.692 e. The summed E-state index contributed by atoms with van der Waals surface area (Å²) in [6, 6.07) is 20.8. The quantitative estimate of drug-likeness (QED) is 0.818. The molecule has 0 atom stereocenters. The van der Waals surface area contributed by atoms with E-state index in [1.807, 2.05) is 12.1 Å². The molecular weight excluding hydrogens is 255 g/mol. The number of benzene rings is 2. The average Bonchev–Trinajstić information content (AvgIpc) is 2.31. The highest BCUT2D eigenvalue weighted by Crippen LogP contribution is 2.26. The van der Waals surface area contributed by atoms with Gasteiger partial charge in [-0.1, -0.05) is 48.2 Å². The van der Waals surface area contributed by atoms with E-state index >= 15 is 0 Å². The maximum atomic E-state index is 8.70. The zero-order valence-electron chi connectivity index (χ0n) is 8.93. The highest BCUT2D eigenvalue weighted by molar-refractivity contribution is 7.99. The van der Waals surface area contributed by atoms with E-state index in [4.69, 9.17) is 14.4 Å². The number of hydrogen-bond acceptors (Lipinski definition) is 2. The standard InChI is InChI=1S/C12H10S.HO3P/c1-3-7-11(8-4-1)13-12-9-5-2-6-10-12;1-4(2)3/h1-10H;(H-,1,2,3)/p+1. The van der Waals surface area contributed by atoms with E-state index < -0.39 is 8.25 Å². The van der Waals surface area contributed by atoms with E-state index in [-0.39, 0.29) is 0 Å². The first-order valence-electron chi connectivity index (χ1n) is 4.81. The Morgan fingerprint density at radius 1 is 0.765 bits per heavy atom. The Morgan fingerprint density at radius 3 is 1.35 bits per heavy atom. The molecule has 0 radical (unpaired) electrons. The molecule has 0 amide bonds. The highest BCUT2D eigenvalue weighted by Gasteiger charge is 1.93. The molecule has 0 aliphatic heterocycles. The Bertz CT molecular complexity index is 406. The molecule has 2 aromatic rings. The van der Waals surface area contributed by atoms with Crippen LogP contribution in [0.25, 0.3) is 0 Å². The minimum Gasteiger partial charge on any atom is -0.134 e. The summed E-state index contributed by atoms with van der Waals surface area (Å²) in [6.07, 6.45) is 0. The van der Waals surface area contributed by atoms with Gasteiger partial charge in [0.15, 0.2) is 0 Å². The predicted octanol–water partition coefficient (Wildman–Crippen LogP) is 3.47. The number of hydrogen-bond donors (Lipinski definition) is 2. The first-order chi connectivity index (χ1) is 8.18. The largest absolute Gasteiger partial charge is 0.692 e. The molecule has 0 heterocycles. The summed E-state index contributed by atoms with van der Waals surface area (Å²) < 4.78 is 8.70. The Labute approximate surface area is 105 Å². The molecule has 0 fully saturated rings. The molecule has 0 aliphatic rings. The topological polar surface area (TPSA) is 57.5 Å². The van der Waals surface area contributed by atoms with Crippen molar-refractivity contribution in [3.63, 3.8) is 0 Å². The molecule has 0 aromatic heterocycles. The molecular formula is C12H12O3PS+. The Kier molecular flexibility index (Phi) is 6.51. The van der Waals surface area contributed by atoms with Crippen LogP contribution in [0.4, 0.5) is 0 Å². The minimum absolute atomic E-state index is 1.29. The van der Waals surface area contributed by atoms with Gasteiger partial charge in [-0.3, -0.25) is 0 Å². The van der Waals surface area contributed by atoms with Gasteiger partial charge in [0.05, 0.1) is 0 Å². The molecule has 0 spiro atoms. The summed E-state index contributed by atoms with van der Waals surface area (Å²) in [5.74, 6) is 0. The molecule has 2 N–H and O–H groups in total. The molecule has 0 aliphatic carbocycles. The van der Waals surface area contributed by atoms with Crippen LogP contribution in [0, 0.1) is 0 Å². The lowest BCUT2D eigenvalue weighted by molar-refractivity contribution is 0.405. The Morgan fingerprint density at radius 2 is 1.06 bits per heavy atom. The minimum atomic E-state index is -2.87. The van der Waals surface area contributed by atoms with Gasteiger partial charge in [-0.15, -0.1) is 9.79 Å². The zero-order chi connectivity index (χ0) is 12.5. The molecule has 3 nitrogen and oxygen atoms in total. The van der Waals surface area contributed by atoms with Crippen LogP contribution in [0.5, 0.6) is 0 Å². The summed E-state index contributed by atoms with van der Waals surface area (Å²) in [6.45, 7) is 0. The third kappa shape index (κ3) is 6.87. The summed E-state index contributed by atoms with van der Waals surface area (Å²) in [5.41, 5.74) is 0. The normalized spacial score (nSPS) is 9.06. The number of rotatable bonds is 2. The molecule has 5 heteroatoms. The Hall–Kier alpha value is -1.19. The van der Waals surface area contributed by atoms with Crippen LogP contribution in [-0.2, 0) is 4.57 Å². The molecule has 2 aromatic carbocycles. The fraction of sp³-hybridized carbons (Fsp3) is 0. The average molecular weight is 267 g/mol. The molecule has 0 saturated carbocycles. The van der Waals surface area contributed by atoms with E-state index in [0.717, 1.165) is 0 Å². The van der Waals surface area contributed by atoms with Gasteiger partial charge in [0.2, 0.25) is 0 Å². The first-order valence-corrected chi connectivity index (χ1v) is 6.79. The van der Waals surface area contributed by atoms with Crippen molar-refractivity contribution in [2.24, 2.45) is 0 Å². The predicted molar refractivity (Wildman–Crippen MR) is 69.1 cm³/mol. The van der Waals surface area contributed by atoms with E-state index in [1.165, 1.54) is 9.79 Å². The van der Waals surface area contributed by atoms with E-state index in [0.29, 0.717) is 0 Å². The maximum absolute atomic E-state index is 8.70. The van der Waals surface area contributed by atoms with Gasteiger partial charge in [-0.2, -0.15) is 0 Å². The van der Waals surface area contributed by atoms with Gasteiger partial charge in [-0.05, 0) is 24.3 Å². The fourth-order valence-electron chi connectivity index (χ4n) is 1.11. The van der Waals surface area contributed by atoms with Gasteiger partial charge >= 0.3 is 8.25 Å². The van der Waals surface area contributed by atoms with Crippen molar-refractivity contribution in [1.29, 1.82) is 0 Å². The molecule has 2 rings (SSSR count). The second kappa shape index (κ2) is 7.98. The molecule has 0 unspecified atom stereocenters. The van der Waals surface area contributed by atoms with Gasteiger partial charge < -0.3 is 0 Å². The molecule has 0 bridgehead atoms. The lowest BCUT2D eigenvalue weighted by Gasteiger charge is -1.99. The smallest absolute Gasteiger partial charge is 0.134 e. The molecule has 17 heavy (non-hydrogen) atoms. The lowest BCUT2D eigenvalue weighted by Crippen LogP contribution is -1.70. The third-order valence-electron chi connectivity index (χ3n) is 1.72. The van der Waals surface area contributed by atoms with Crippen molar-refractivity contribution in [3.05, 3.63) is 60.7 Å². The van der Waals surface area contributed by atoms with E-state index in [9.17, 15) is 0 Å².